The van der Waals surface area contributed by atoms with Gasteiger partial charge in [-0.2, -0.15) is 0 Å². The Morgan fingerprint density at radius 3 is 2.45 bits per heavy atom. The van der Waals surface area contributed by atoms with Crippen molar-refractivity contribution in [3.8, 4) is 0 Å². The van der Waals surface area contributed by atoms with Crippen molar-refractivity contribution in [2.24, 2.45) is 5.92 Å². The summed E-state index contributed by atoms with van der Waals surface area (Å²) in [7, 11) is 0. The molecule has 8 heteroatoms. The quantitative estimate of drug-likeness (QED) is 0.325. The zero-order chi connectivity index (χ0) is 22.1. The molecular weight excluding hydrogens is 380 g/mol. The molecule has 5 unspecified atom stereocenters. The van der Waals surface area contributed by atoms with Crippen molar-refractivity contribution in [3.05, 3.63) is 36.0 Å². The predicted octanol–water partition coefficient (Wildman–Crippen LogP) is 1.56. The van der Waals surface area contributed by atoms with E-state index in [4.69, 9.17) is 14.2 Å². The summed E-state index contributed by atoms with van der Waals surface area (Å²) in [6, 6.07) is 0. The third-order valence-electron chi connectivity index (χ3n) is 5.14. The number of ether oxygens (including phenoxy) is 3. The lowest BCUT2D eigenvalue weighted by Gasteiger charge is -2.39. The Morgan fingerprint density at radius 1 is 1.28 bits per heavy atom. The molecule has 1 aliphatic carbocycles. The number of esters is 3. The fraction of sp³-hybridized carbons (Fsp3) is 0.524. The monoisotopic (exact) mass is 406 g/mol. The van der Waals surface area contributed by atoms with Gasteiger partial charge in [0.2, 0.25) is 0 Å². The Kier molecular flexibility index (Phi) is 6.47. The Hall–Kier alpha value is -2.74. The summed E-state index contributed by atoms with van der Waals surface area (Å²) in [5.74, 6) is -3.87. The molecule has 29 heavy (non-hydrogen) atoms. The maximum atomic E-state index is 12.7. The van der Waals surface area contributed by atoms with Gasteiger partial charge in [-0.15, -0.1) is 0 Å². The van der Waals surface area contributed by atoms with E-state index in [1.165, 1.54) is 13.8 Å². The largest absolute Gasteiger partial charge is 0.458 e. The molecule has 0 aromatic carbocycles. The van der Waals surface area contributed by atoms with Crippen molar-refractivity contribution >= 4 is 23.7 Å². The third kappa shape index (κ3) is 4.64. The molecule has 0 spiro atoms. The van der Waals surface area contributed by atoms with Gasteiger partial charge in [0, 0.05) is 30.9 Å². The highest BCUT2D eigenvalue weighted by atomic mass is 16.6. The van der Waals surface area contributed by atoms with E-state index in [0.717, 1.165) is 12.5 Å². The zero-order valence-electron chi connectivity index (χ0n) is 17.0. The normalized spacial score (nSPS) is 32.6. The minimum absolute atomic E-state index is 0.00305. The van der Waals surface area contributed by atoms with Gasteiger partial charge in [0.25, 0.3) is 0 Å². The van der Waals surface area contributed by atoms with Crippen LogP contribution in [0.4, 0.5) is 0 Å². The molecule has 0 amide bonds. The van der Waals surface area contributed by atoms with E-state index in [1.807, 2.05) is 0 Å². The second-order valence-electron chi connectivity index (χ2n) is 7.70. The summed E-state index contributed by atoms with van der Waals surface area (Å²) in [5, 5.41) is 11.0. The molecule has 2 rings (SSSR count). The molecule has 5 atom stereocenters. The average molecular weight is 406 g/mol. The number of ketones is 1. The van der Waals surface area contributed by atoms with Crippen LogP contribution >= 0.6 is 0 Å². The fourth-order valence-electron chi connectivity index (χ4n) is 3.49. The van der Waals surface area contributed by atoms with Crippen molar-refractivity contribution in [2.75, 3.05) is 0 Å². The molecular formula is C21H26O8. The van der Waals surface area contributed by atoms with Gasteiger partial charge in [-0.25, -0.2) is 9.59 Å². The molecule has 0 aromatic heterocycles. The van der Waals surface area contributed by atoms with Crippen LogP contribution in [0.1, 0.15) is 40.5 Å². The first-order valence-corrected chi connectivity index (χ1v) is 9.21. The summed E-state index contributed by atoms with van der Waals surface area (Å²) in [4.78, 5) is 49.1. The topological polar surface area (TPSA) is 116 Å². The summed E-state index contributed by atoms with van der Waals surface area (Å²) in [6.07, 6.45) is -1.99. The van der Waals surface area contributed by atoms with Crippen molar-refractivity contribution in [3.63, 3.8) is 0 Å². The maximum absolute atomic E-state index is 12.7. The van der Waals surface area contributed by atoms with Crippen LogP contribution in [0.25, 0.3) is 0 Å². The number of allylic oxidation sites excluding steroid dienone is 1. The molecule has 1 aliphatic heterocycles. The van der Waals surface area contributed by atoms with Crippen LogP contribution in [0.2, 0.25) is 0 Å². The standard InChI is InChI=1S/C21H26O8/c1-10(2)19(24)29-17-16-12(4)20(25)28-14(16)9-11(3)7-8-15(23)21(6,26)18(17)27-13(5)22/h7,14,16-18,26H,1,4,8-9H2,2-3,5-6H3. The van der Waals surface area contributed by atoms with E-state index in [9.17, 15) is 24.3 Å². The number of carbonyl (C=O) groups is 4. The zero-order valence-corrected chi connectivity index (χ0v) is 17.0. The number of rotatable bonds is 3. The van der Waals surface area contributed by atoms with Gasteiger partial charge < -0.3 is 19.3 Å². The van der Waals surface area contributed by atoms with Crippen LogP contribution in [0, 0.1) is 5.92 Å². The molecule has 1 saturated heterocycles. The molecule has 0 bridgehead atoms. The van der Waals surface area contributed by atoms with Gasteiger partial charge in [-0.05, 0) is 20.8 Å². The van der Waals surface area contributed by atoms with E-state index in [-0.39, 0.29) is 24.0 Å². The van der Waals surface area contributed by atoms with Gasteiger partial charge in [0.1, 0.15) is 6.10 Å². The van der Waals surface area contributed by atoms with Gasteiger partial charge in [0.15, 0.2) is 23.6 Å². The van der Waals surface area contributed by atoms with Crippen molar-refractivity contribution in [1.29, 1.82) is 0 Å². The van der Waals surface area contributed by atoms with Crippen molar-refractivity contribution in [1.82, 2.24) is 0 Å². The van der Waals surface area contributed by atoms with Crippen molar-refractivity contribution in [2.45, 2.75) is 64.4 Å². The fourth-order valence-corrected chi connectivity index (χ4v) is 3.49. The van der Waals surface area contributed by atoms with Gasteiger partial charge in [-0.3, -0.25) is 9.59 Å². The lowest BCUT2D eigenvalue weighted by molar-refractivity contribution is -0.195. The second kappa shape index (κ2) is 8.32. The molecule has 1 fully saturated rings. The Labute approximate surface area is 169 Å². The van der Waals surface area contributed by atoms with Crippen LogP contribution in [0.5, 0.6) is 0 Å². The molecule has 1 N–H and O–H groups in total. The van der Waals surface area contributed by atoms with Crippen LogP contribution in [0.15, 0.2) is 36.0 Å². The number of aliphatic hydroxyl groups is 1. The smallest absolute Gasteiger partial charge is 0.334 e. The molecule has 2 aliphatic rings. The van der Waals surface area contributed by atoms with Crippen molar-refractivity contribution < 1.29 is 38.5 Å². The van der Waals surface area contributed by atoms with E-state index in [0.29, 0.717) is 0 Å². The van der Waals surface area contributed by atoms with Gasteiger partial charge in [-0.1, -0.05) is 24.8 Å². The highest BCUT2D eigenvalue weighted by molar-refractivity contribution is 5.92. The summed E-state index contributed by atoms with van der Waals surface area (Å²) < 4.78 is 16.2. The van der Waals surface area contributed by atoms with E-state index >= 15 is 0 Å². The Morgan fingerprint density at radius 2 is 1.90 bits per heavy atom. The first-order chi connectivity index (χ1) is 13.4. The predicted molar refractivity (Wildman–Crippen MR) is 101 cm³/mol. The minimum Gasteiger partial charge on any atom is -0.458 e. The van der Waals surface area contributed by atoms with E-state index in [2.05, 4.69) is 13.2 Å². The minimum atomic E-state index is -2.20. The molecule has 0 aromatic rings. The summed E-state index contributed by atoms with van der Waals surface area (Å²) >= 11 is 0. The molecule has 0 radical (unpaired) electrons. The average Bonchev–Trinajstić information content (AvgIpc) is 2.88. The SMILES string of the molecule is C=C(C)C(=O)OC1C2C(=C)C(=O)OC2CC(C)=CCC(=O)C(C)(O)C1OC(C)=O. The van der Waals surface area contributed by atoms with E-state index < -0.39 is 53.5 Å². The van der Waals surface area contributed by atoms with Gasteiger partial charge >= 0.3 is 17.9 Å². The molecule has 1 heterocycles. The third-order valence-corrected chi connectivity index (χ3v) is 5.14. The van der Waals surface area contributed by atoms with Gasteiger partial charge in [0.05, 0.1) is 5.92 Å². The van der Waals surface area contributed by atoms with E-state index in [1.54, 1.807) is 13.0 Å². The van der Waals surface area contributed by atoms with Crippen LogP contribution in [-0.2, 0) is 33.4 Å². The first-order valence-electron chi connectivity index (χ1n) is 9.21. The summed E-state index contributed by atoms with van der Waals surface area (Å²) in [6.45, 7) is 12.7. The highest BCUT2D eigenvalue weighted by Crippen LogP contribution is 2.40. The summed E-state index contributed by atoms with van der Waals surface area (Å²) in [5.41, 5.74) is -1.39. The number of carbonyl (C=O) groups excluding carboxylic acids is 4. The molecule has 158 valence electrons. The lowest BCUT2D eigenvalue weighted by Crippen LogP contribution is -2.58. The lowest BCUT2D eigenvalue weighted by atomic mass is 9.77. The number of hydrogen-bond acceptors (Lipinski definition) is 8. The molecule has 0 saturated carbocycles. The van der Waals surface area contributed by atoms with Crippen LogP contribution in [-0.4, -0.2) is 52.7 Å². The Bertz CT molecular complexity index is 803. The number of Topliss-reactive ketones (excluding diaryl/α,β-unsaturated/α-hetero) is 1. The maximum Gasteiger partial charge on any atom is 0.334 e. The molecule has 8 nitrogen and oxygen atoms in total. The van der Waals surface area contributed by atoms with Crippen LogP contribution in [0.3, 0.4) is 0 Å². The van der Waals surface area contributed by atoms with Crippen LogP contribution < -0.4 is 0 Å². The highest BCUT2D eigenvalue weighted by Gasteiger charge is 2.55. The second-order valence-corrected chi connectivity index (χ2v) is 7.70. The Balaban J connectivity index is 2.67. The number of fused-ring (bicyclic) bond motifs is 1. The first kappa shape index (κ1) is 22.5. The number of hydrogen-bond donors (Lipinski definition) is 1.